The van der Waals surface area contributed by atoms with E-state index < -0.39 is 0 Å². The molecule has 3 aromatic heterocycles. The van der Waals surface area contributed by atoms with E-state index >= 15 is 0 Å². The minimum absolute atomic E-state index is 0.199. The van der Waals surface area contributed by atoms with Gasteiger partial charge < -0.3 is 14.7 Å². The number of benzene rings is 1. The van der Waals surface area contributed by atoms with Crippen LogP contribution < -0.4 is 5.32 Å². The molecule has 0 atom stereocenters. The number of aromatic nitrogens is 4. The first-order valence-electron chi connectivity index (χ1n) is 7.70. The Balaban J connectivity index is 1.57. The van der Waals surface area contributed by atoms with Gasteiger partial charge in [-0.1, -0.05) is 0 Å². The first-order chi connectivity index (χ1) is 12.2. The highest BCUT2D eigenvalue weighted by molar-refractivity contribution is 5.94. The maximum Gasteiger partial charge on any atom is 0.253 e. The van der Waals surface area contributed by atoms with E-state index in [1.54, 1.807) is 47.3 Å². The van der Waals surface area contributed by atoms with Crippen LogP contribution in [-0.2, 0) is 6.54 Å². The van der Waals surface area contributed by atoms with E-state index in [2.05, 4.69) is 20.3 Å². The summed E-state index contributed by atoms with van der Waals surface area (Å²) >= 11 is 0. The number of fused-ring (bicyclic) bond motifs is 1. The van der Waals surface area contributed by atoms with Gasteiger partial charge in [0.2, 0.25) is 0 Å². The second-order valence-corrected chi connectivity index (χ2v) is 5.53. The van der Waals surface area contributed by atoms with Crippen molar-refractivity contribution in [1.29, 1.82) is 0 Å². The van der Waals surface area contributed by atoms with Gasteiger partial charge in [-0.05, 0) is 36.4 Å². The van der Waals surface area contributed by atoms with Crippen LogP contribution in [0.1, 0.15) is 16.2 Å². The number of hydrogen-bond acceptors (Lipinski definition) is 3. The SMILES string of the molecule is O=C(NCc1ncc[nH]1)c1ccc2nc(-c3ccc(F)cc3)cn2c1. The predicted molar refractivity (Wildman–Crippen MR) is 90.3 cm³/mol. The summed E-state index contributed by atoms with van der Waals surface area (Å²) in [5.74, 6) is 0.203. The maximum absolute atomic E-state index is 13.0. The van der Waals surface area contributed by atoms with Crippen molar-refractivity contribution in [2.24, 2.45) is 0 Å². The smallest absolute Gasteiger partial charge is 0.253 e. The van der Waals surface area contributed by atoms with Gasteiger partial charge in [0, 0.05) is 30.4 Å². The third kappa shape index (κ3) is 3.12. The predicted octanol–water partition coefficient (Wildman–Crippen LogP) is 2.79. The van der Waals surface area contributed by atoms with Crippen LogP contribution in [-0.4, -0.2) is 25.3 Å². The highest BCUT2D eigenvalue weighted by Crippen LogP contribution is 2.20. The lowest BCUT2D eigenvalue weighted by molar-refractivity contribution is 0.0949. The van der Waals surface area contributed by atoms with Crippen LogP contribution in [0, 0.1) is 5.82 Å². The van der Waals surface area contributed by atoms with Gasteiger partial charge in [0.25, 0.3) is 5.91 Å². The molecule has 1 amide bonds. The van der Waals surface area contributed by atoms with E-state index in [0.717, 1.165) is 5.56 Å². The van der Waals surface area contributed by atoms with E-state index in [1.165, 1.54) is 12.1 Å². The number of hydrogen-bond donors (Lipinski definition) is 2. The van der Waals surface area contributed by atoms with Crippen LogP contribution in [0.2, 0.25) is 0 Å². The quantitative estimate of drug-likeness (QED) is 0.602. The zero-order valence-corrected chi connectivity index (χ0v) is 13.1. The summed E-state index contributed by atoms with van der Waals surface area (Å²) in [6.45, 7) is 0.328. The summed E-state index contributed by atoms with van der Waals surface area (Å²) < 4.78 is 14.8. The van der Waals surface area contributed by atoms with Crippen molar-refractivity contribution in [3.63, 3.8) is 0 Å². The monoisotopic (exact) mass is 335 g/mol. The van der Waals surface area contributed by atoms with E-state index in [4.69, 9.17) is 0 Å². The van der Waals surface area contributed by atoms with Crippen molar-refractivity contribution in [2.45, 2.75) is 6.54 Å². The van der Waals surface area contributed by atoms with Gasteiger partial charge in [-0.3, -0.25) is 4.79 Å². The molecule has 6 nitrogen and oxygen atoms in total. The van der Waals surface area contributed by atoms with Gasteiger partial charge in [0.1, 0.15) is 17.3 Å². The highest BCUT2D eigenvalue weighted by Gasteiger charge is 2.09. The van der Waals surface area contributed by atoms with E-state index in [-0.39, 0.29) is 11.7 Å². The summed E-state index contributed by atoms with van der Waals surface area (Å²) in [6, 6.07) is 9.63. The normalized spacial score (nSPS) is 10.9. The fraction of sp³-hybridized carbons (Fsp3) is 0.0556. The molecule has 0 saturated heterocycles. The van der Waals surface area contributed by atoms with Gasteiger partial charge >= 0.3 is 0 Å². The molecule has 0 saturated carbocycles. The molecule has 0 spiro atoms. The molecule has 0 aliphatic heterocycles. The van der Waals surface area contributed by atoms with Gasteiger partial charge in [0.15, 0.2) is 0 Å². The average molecular weight is 335 g/mol. The van der Waals surface area contributed by atoms with E-state index in [1.807, 2.05) is 6.20 Å². The molecular formula is C18H14FN5O. The topological polar surface area (TPSA) is 75.1 Å². The Bertz CT molecular complexity index is 1020. The van der Waals surface area contributed by atoms with Crippen LogP contribution in [0.15, 0.2) is 61.2 Å². The minimum atomic E-state index is -0.289. The number of H-pyrrole nitrogens is 1. The van der Waals surface area contributed by atoms with Crippen molar-refractivity contribution < 1.29 is 9.18 Å². The zero-order valence-electron chi connectivity index (χ0n) is 13.1. The van der Waals surface area contributed by atoms with Crippen molar-refractivity contribution in [3.05, 3.63) is 78.4 Å². The fourth-order valence-corrected chi connectivity index (χ4v) is 2.55. The van der Waals surface area contributed by atoms with Crippen molar-refractivity contribution >= 4 is 11.6 Å². The van der Waals surface area contributed by atoms with Crippen LogP contribution in [0.5, 0.6) is 0 Å². The van der Waals surface area contributed by atoms with Gasteiger partial charge in [0.05, 0.1) is 17.8 Å². The lowest BCUT2D eigenvalue weighted by Crippen LogP contribution is -2.23. The second kappa shape index (κ2) is 6.20. The van der Waals surface area contributed by atoms with Gasteiger partial charge in [-0.15, -0.1) is 0 Å². The highest BCUT2D eigenvalue weighted by atomic mass is 19.1. The number of pyridine rings is 1. The lowest BCUT2D eigenvalue weighted by Gasteiger charge is -2.04. The molecule has 1 aromatic carbocycles. The fourth-order valence-electron chi connectivity index (χ4n) is 2.55. The third-order valence-corrected chi connectivity index (χ3v) is 3.82. The number of nitrogens with one attached hydrogen (secondary N) is 2. The molecule has 0 radical (unpaired) electrons. The van der Waals surface area contributed by atoms with E-state index in [0.29, 0.717) is 29.3 Å². The second-order valence-electron chi connectivity index (χ2n) is 5.53. The van der Waals surface area contributed by atoms with Crippen LogP contribution in [0.25, 0.3) is 16.9 Å². The van der Waals surface area contributed by atoms with Crippen LogP contribution >= 0.6 is 0 Å². The van der Waals surface area contributed by atoms with Crippen molar-refractivity contribution in [1.82, 2.24) is 24.7 Å². The summed E-state index contributed by atoms with van der Waals surface area (Å²) in [6.07, 6.45) is 6.87. The largest absolute Gasteiger partial charge is 0.347 e. The number of carbonyl (C=O) groups excluding carboxylic acids is 1. The number of nitrogens with zero attached hydrogens (tertiary/aromatic N) is 3. The molecule has 124 valence electrons. The Hall–Kier alpha value is -3.48. The number of halogens is 1. The van der Waals surface area contributed by atoms with Gasteiger partial charge in [-0.25, -0.2) is 14.4 Å². The summed E-state index contributed by atoms with van der Waals surface area (Å²) in [5, 5.41) is 2.80. The molecule has 7 heteroatoms. The number of rotatable bonds is 4. The molecule has 0 aliphatic carbocycles. The molecule has 4 aromatic rings. The average Bonchev–Trinajstić information content (AvgIpc) is 3.29. The molecule has 3 heterocycles. The molecule has 0 bridgehead atoms. The number of aromatic amines is 1. The Morgan fingerprint density at radius 2 is 2.00 bits per heavy atom. The minimum Gasteiger partial charge on any atom is -0.347 e. The Labute approximate surface area is 142 Å². The third-order valence-electron chi connectivity index (χ3n) is 3.82. The number of amides is 1. The molecular weight excluding hydrogens is 321 g/mol. The zero-order chi connectivity index (χ0) is 17.2. The summed E-state index contributed by atoms with van der Waals surface area (Å²) in [4.78, 5) is 23.8. The Morgan fingerprint density at radius 3 is 2.76 bits per heavy atom. The summed E-state index contributed by atoms with van der Waals surface area (Å²) in [5.41, 5.74) is 2.76. The first kappa shape index (κ1) is 15.1. The molecule has 0 unspecified atom stereocenters. The Kier molecular flexibility index (Phi) is 3.74. The van der Waals surface area contributed by atoms with Crippen LogP contribution in [0.3, 0.4) is 0 Å². The maximum atomic E-state index is 13.0. The van der Waals surface area contributed by atoms with Crippen molar-refractivity contribution in [3.8, 4) is 11.3 Å². The first-order valence-corrected chi connectivity index (χ1v) is 7.70. The molecule has 25 heavy (non-hydrogen) atoms. The summed E-state index contributed by atoms with van der Waals surface area (Å²) in [7, 11) is 0. The standard InChI is InChI=1S/C18H14FN5O/c19-14-4-1-12(2-5-14)15-11-24-10-13(3-6-17(24)23-15)18(25)22-9-16-20-7-8-21-16/h1-8,10-11H,9H2,(H,20,21)(H,22,25). The number of carbonyl (C=O) groups is 1. The van der Waals surface area contributed by atoms with E-state index in [9.17, 15) is 9.18 Å². The molecule has 0 fully saturated rings. The van der Waals surface area contributed by atoms with Crippen molar-refractivity contribution in [2.75, 3.05) is 0 Å². The van der Waals surface area contributed by atoms with Crippen LogP contribution in [0.4, 0.5) is 4.39 Å². The molecule has 4 rings (SSSR count). The number of imidazole rings is 2. The van der Waals surface area contributed by atoms with Gasteiger partial charge in [-0.2, -0.15) is 0 Å². The Morgan fingerprint density at radius 1 is 1.16 bits per heavy atom. The lowest BCUT2D eigenvalue weighted by atomic mass is 10.2. The molecule has 2 N–H and O–H groups in total. The molecule has 0 aliphatic rings.